The zero-order valence-electron chi connectivity index (χ0n) is 10.4. The van der Waals surface area contributed by atoms with Crippen LogP contribution in [0.25, 0.3) is 0 Å². The van der Waals surface area contributed by atoms with Gasteiger partial charge in [0, 0.05) is 13.1 Å². The predicted molar refractivity (Wildman–Crippen MR) is 64.1 cm³/mol. The zero-order chi connectivity index (χ0) is 12.0. The van der Waals surface area contributed by atoms with Crippen molar-refractivity contribution in [3.63, 3.8) is 0 Å². The Balaban J connectivity index is 2.28. The number of rotatable bonds is 5. The number of nitrogens with one attached hydrogen (secondary N) is 1. The molecule has 0 aromatic heterocycles. The molecule has 16 heavy (non-hydrogen) atoms. The number of aliphatic hydroxyl groups is 1. The molecule has 0 radical (unpaired) electrons. The summed E-state index contributed by atoms with van der Waals surface area (Å²) in [5.74, 6) is 0.431. The summed E-state index contributed by atoms with van der Waals surface area (Å²) in [7, 11) is 0. The van der Waals surface area contributed by atoms with Crippen LogP contribution in [0.5, 0.6) is 0 Å². The fourth-order valence-electron chi connectivity index (χ4n) is 2.15. The molecule has 1 saturated heterocycles. The predicted octanol–water partition coefficient (Wildman–Crippen LogP) is 0.605. The second kappa shape index (κ2) is 6.86. The Morgan fingerprint density at radius 2 is 2.38 bits per heavy atom. The minimum absolute atomic E-state index is 0.105. The van der Waals surface area contributed by atoms with E-state index >= 15 is 0 Å². The van der Waals surface area contributed by atoms with Crippen molar-refractivity contribution in [1.82, 2.24) is 10.2 Å². The first kappa shape index (κ1) is 13.5. The molecule has 0 aromatic carbocycles. The summed E-state index contributed by atoms with van der Waals surface area (Å²) in [5.41, 5.74) is 0. The number of likely N-dealkylation sites (tertiary alicyclic amines) is 1. The van der Waals surface area contributed by atoms with Crippen LogP contribution in [0.15, 0.2) is 0 Å². The van der Waals surface area contributed by atoms with Crippen molar-refractivity contribution in [1.29, 1.82) is 0 Å². The Morgan fingerprint density at radius 3 is 3.00 bits per heavy atom. The molecule has 4 heteroatoms. The lowest BCUT2D eigenvalue weighted by atomic mass is 9.93. The Morgan fingerprint density at radius 1 is 1.62 bits per heavy atom. The molecule has 1 amide bonds. The van der Waals surface area contributed by atoms with Crippen LogP contribution in [0.4, 0.5) is 0 Å². The van der Waals surface area contributed by atoms with Gasteiger partial charge in [-0.3, -0.25) is 9.69 Å². The van der Waals surface area contributed by atoms with Gasteiger partial charge in [0.15, 0.2) is 0 Å². The fraction of sp³-hybridized carbons (Fsp3) is 0.917. The maximum Gasteiger partial charge on any atom is 0.234 e. The first-order valence-electron chi connectivity index (χ1n) is 6.30. The molecule has 1 heterocycles. The van der Waals surface area contributed by atoms with Gasteiger partial charge in [-0.15, -0.1) is 0 Å². The molecular formula is C12H24N2O2. The van der Waals surface area contributed by atoms with Gasteiger partial charge in [-0.25, -0.2) is 0 Å². The van der Waals surface area contributed by atoms with Gasteiger partial charge in [0.25, 0.3) is 0 Å². The average molecular weight is 228 g/mol. The second-order valence-electron chi connectivity index (χ2n) is 4.73. The molecule has 0 saturated carbocycles. The van der Waals surface area contributed by atoms with E-state index in [2.05, 4.69) is 10.2 Å². The highest BCUT2D eigenvalue weighted by Crippen LogP contribution is 2.19. The lowest BCUT2D eigenvalue weighted by Crippen LogP contribution is -2.44. The van der Waals surface area contributed by atoms with Gasteiger partial charge in [-0.1, -0.05) is 6.92 Å². The van der Waals surface area contributed by atoms with Crippen molar-refractivity contribution < 1.29 is 9.90 Å². The van der Waals surface area contributed by atoms with Crippen LogP contribution in [-0.4, -0.2) is 48.2 Å². The van der Waals surface area contributed by atoms with E-state index in [1.54, 1.807) is 0 Å². The molecule has 2 atom stereocenters. The smallest absolute Gasteiger partial charge is 0.234 e. The van der Waals surface area contributed by atoms with Crippen molar-refractivity contribution in [2.75, 3.05) is 26.2 Å². The highest BCUT2D eigenvalue weighted by molar-refractivity contribution is 5.77. The standard InChI is InChI=1S/C12H24N2O2/c1-3-6-13-12(16)9-14-7-4-5-11(8-14)10(2)15/h10-11,15H,3-9H2,1-2H3,(H,13,16). The number of amides is 1. The van der Waals surface area contributed by atoms with Crippen molar-refractivity contribution >= 4 is 5.91 Å². The molecular weight excluding hydrogens is 204 g/mol. The Labute approximate surface area is 98.0 Å². The molecule has 1 aliphatic rings. The summed E-state index contributed by atoms with van der Waals surface area (Å²) >= 11 is 0. The molecule has 1 aliphatic heterocycles. The number of carbonyl (C=O) groups excluding carboxylic acids is 1. The molecule has 94 valence electrons. The number of carbonyl (C=O) groups is 1. The highest BCUT2D eigenvalue weighted by atomic mass is 16.3. The lowest BCUT2D eigenvalue weighted by molar-refractivity contribution is -0.122. The summed E-state index contributed by atoms with van der Waals surface area (Å²) < 4.78 is 0. The normalized spacial score (nSPS) is 24.1. The number of piperidine rings is 1. The zero-order valence-corrected chi connectivity index (χ0v) is 10.4. The van der Waals surface area contributed by atoms with Crippen LogP contribution in [0.1, 0.15) is 33.1 Å². The van der Waals surface area contributed by atoms with Crippen LogP contribution in [0.2, 0.25) is 0 Å². The van der Waals surface area contributed by atoms with Crippen molar-refractivity contribution in [2.24, 2.45) is 5.92 Å². The minimum Gasteiger partial charge on any atom is -0.393 e. The molecule has 1 fully saturated rings. The number of hydrogen-bond acceptors (Lipinski definition) is 3. The molecule has 4 nitrogen and oxygen atoms in total. The largest absolute Gasteiger partial charge is 0.393 e. The van der Waals surface area contributed by atoms with Crippen molar-refractivity contribution in [3.05, 3.63) is 0 Å². The monoisotopic (exact) mass is 228 g/mol. The Hall–Kier alpha value is -0.610. The van der Waals surface area contributed by atoms with Crippen LogP contribution < -0.4 is 5.32 Å². The van der Waals surface area contributed by atoms with Crippen LogP contribution in [0.3, 0.4) is 0 Å². The molecule has 1 rings (SSSR count). The van der Waals surface area contributed by atoms with Crippen LogP contribution >= 0.6 is 0 Å². The van der Waals surface area contributed by atoms with E-state index < -0.39 is 0 Å². The molecule has 0 bridgehead atoms. The van der Waals surface area contributed by atoms with Crippen molar-refractivity contribution in [2.45, 2.75) is 39.2 Å². The van der Waals surface area contributed by atoms with E-state index in [1.165, 1.54) is 0 Å². The quantitative estimate of drug-likeness (QED) is 0.725. The Kier molecular flexibility index (Phi) is 5.77. The van der Waals surface area contributed by atoms with Gasteiger partial charge in [-0.2, -0.15) is 0 Å². The number of nitrogens with zero attached hydrogens (tertiary/aromatic N) is 1. The van der Waals surface area contributed by atoms with Gasteiger partial charge in [0.05, 0.1) is 12.6 Å². The average Bonchev–Trinajstić information content (AvgIpc) is 2.26. The summed E-state index contributed by atoms with van der Waals surface area (Å²) in [6.45, 7) is 6.94. The van der Waals surface area contributed by atoms with Gasteiger partial charge in [0.2, 0.25) is 5.91 Å². The topological polar surface area (TPSA) is 52.6 Å². The second-order valence-corrected chi connectivity index (χ2v) is 4.73. The van der Waals surface area contributed by atoms with Gasteiger partial charge < -0.3 is 10.4 Å². The van der Waals surface area contributed by atoms with E-state index in [9.17, 15) is 9.90 Å². The highest BCUT2D eigenvalue weighted by Gasteiger charge is 2.24. The summed E-state index contributed by atoms with van der Waals surface area (Å²) in [6, 6.07) is 0. The minimum atomic E-state index is -0.262. The summed E-state index contributed by atoms with van der Waals surface area (Å²) in [4.78, 5) is 13.7. The third-order valence-electron chi connectivity index (χ3n) is 3.16. The third-order valence-corrected chi connectivity index (χ3v) is 3.16. The third kappa shape index (κ3) is 4.49. The van der Waals surface area contributed by atoms with E-state index in [1.807, 2.05) is 13.8 Å². The Bertz CT molecular complexity index is 219. The number of hydrogen-bond donors (Lipinski definition) is 2. The molecule has 0 aromatic rings. The SMILES string of the molecule is CCCNC(=O)CN1CCCC(C(C)O)C1. The molecule has 0 spiro atoms. The summed E-state index contributed by atoms with van der Waals surface area (Å²) in [6.07, 6.45) is 2.87. The molecule has 0 aliphatic carbocycles. The first-order chi connectivity index (χ1) is 7.63. The van der Waals surface area contributed by atoms with Gasteiger partial charge >= 0.3 is 0 Å². The van der Waals surface area contributed by atoms with Gasteiger partial charge in [-0.05, 0) is 38.6 Å². The number of aliphatic hydroxyl groups excluding tert-OH is 1. The van der Waals surface area contributed by atoms with Gasteiger partial charge in [0.1, 0.15) is 0 Å². The molecule has 2 unspecified atom stereocenters. The van der Waals surface area contributed by atoms with E-state index in [-0.39, 0.29) is 12.0 Å². The summed E-state index contributed by atoms with van der Waals surface area (Å²) in [5, 5.41) is 12.4. The van der Waals surface area contributed by atoms with Crippen molar-refractivity contribution in [3.8, 4) is 0 Å². The van der Waals surface area contributed by atoms with E-state index in [0.29, 0.717) is 12.5 Å². The van der Waals surface area contributed by atoms with E-state index in [0.717, 1.165) is 38.9 Å². The fourth-order valence-corrected chi connectivity index (χ4v) is 2.15. The van der Waals surface area contributed by atoms with Crippen LogP contribution in [0, 0.1) is 5.92 Å². The maximum atomic E-state index is 11.5. The van der Waals surface area contributed by atoms with Crippen LogP contribution in [-0.2, 0) is 4.79 Å². The first-order valence-corrected chi connectivity index (χ1v) is 6.30. The maximum absolute atomic E-state index is 11.5. The van der Waals surface area contributed by atoms with E-state index in [4.69, 9.17) is 0 Å². The molecule has 2 N–H and O–H groups in total. The lowest BCUT2D eigenvalue weighted by Gasteiger charge is -2.33.